The maximum Gasteiger partial charge on any atom is 0.241 e. The van der Waals surface area contributed by atoms with Gasteiger partial charge in [-0.25, -0.2) is 13.1 Å². The van der Waals surface area contributed by atoms with E-state index in [1.54, 1.807) is 11.4 Å². The van der Waals surface area contributed by atoms with E-state index in [0.29, 0.717) is 17.4 Å². The minimum atomic E-state index is -3.41. The average Bonchev–Trinajstić information content (AvgIpc) is 2.79. The number of hydrogen-bond acceptors (Lipinski definition) is 4. The minimum absolute atomic E-state index is 0.0498. The van der Waals surface area contributed by atoms with Crippen LogP contribution in [0.25, 0.3) is 0 Å². The summed E-state index contributed by atoms with van der Waals surface area (Å²) < 4.78 is 27.1. The summed E-state index contributed by atoms with van der Waals surface area (Å²) in [5.41, 5.74) is 5.49. The SMILES string of the molecule is CCC(CC)C(C)NS(=O)(=O)c1csc(CN)c1. The predicted octanol–water partition coefficient (Wildman–Crippen LogP) is 2.31. The van der Waals surface area contributed by atoms with Gasteiger partial charge in [0.25, 0.3) is 0 Å². The number of nitrogens with two attached hydrogens (primary N) is 1. The van der Waals surface area contributed by atoms with E-state index in [2.05, 4.69) is 18.6 Å². The number of thiophene rings is 1. The lowest BCUT2D eigenvalue weighted by molar-refractivity contribution is 0.391. The van der Waals surface area contributed by atoms with Crippen LogP contribution in [0.1, 0.15) is 38.5 Å². The van der Waals surface area contributed by atoms with Gasteiger partial charge in [-0.2, -0.15) is 0 Å². The highest BCUT2D eigenvalue weighted by atomic mass is 32.2. The molecular formula is C12H22N2O2S2. The molecule has 0 aliphatic rings. The van der Waals surface area contributed by atoms with Crippen LogP contribution in [0.15, 0.2) is 16.3 Å². The van der Waals surface area contributed by atoms with Crippen molar-refractivity contribution in [2.24, 2.45) is 11.7 Å². The molecule has 1 aromatic heterocycles. The van der Waals surface area contributed by atoms with Gasteiger partial charge in [0.1, 0.15) is 0 Å². The highest BCUT2D eigenvalue weighted by molar-refractivity contribution is 7.89. The van der Waals surface area contributed by atoms with Crippen LogP contribution in [0.4, 0.5) is 0 Å². The fourth-order valence-electron chi connectivity index (χ4n) is 2.01. The lowest BCUT2D eigenvalue weighted by Gasteiger charge is -2.21. The molecule has 0 amide bonds. The molecule has 0 fully saturated rings. The molecule has 0 saturated carbocycles. The summed E-state index contributed by atoms with van der Waals surface area (Å²) in [6, 6.07) is 1.60. The summed E-state index contributed by atoms with van der Waals surface area (Å²) in [5.74, 6) is 0.368. The molecule has 4 nitrogen and oxygen atoms in total. The van der Waals surface area contributed by atoms with Crippen molar-refractivity contribution in [1.82, 2.24) is 4.72 Å². The Morgan fingerprint density at radius 1 is 1.39 bits per heavy atom. The highest BCUT2D eigenvalue weighted by Crippen LogP contribution is 2.21. The van der Waals surface area contributed by atoms with Gasteiger partial charge in [-0.15, -0.1) is 11.3 Å². The molecule has 18 heavy (non-hydrogen) atoms. The highest BCUT2D eigenvalue weighted by Gasteiger charge is 2.22. The normalized spacial score (nSPS) is 14.1. The zero-order chi connectivity index (χ0) is 13.8. The Morgan fingerprint density at radius 2 is 2.00 bits per heavy atom. The van der Waals surface area contributed by atoms with E-state index in [0.717, 1.165) is 17.7 Å². The van der Waals surface area contributed by atoms with Crippen molar-refractivity contribution in [2.75, 3.05) is 0 Å². The Hall–Kier alpha value is -0.430. The number of hydrogen-bond donors (Lipinski definition) is 2. The molecule has 1 aromatic rings. The van der Waals surface area contributed by atoms with Gasteiger partial charge in [-0.05, 0) is 18.9 Å². The van der Waals surface area contributed by atoms with Crippen LogP contribution in [-0.2, 0) is 16.6 Å². The van der Waals surface area contributed by atoms with Crippen molar-refractivity contribution >= 4 is 21.4 Å². The van der Waals surface area contributed by atoms with Gasteiger partial charge in [-0.1, -0.05) is 26.7 Å². The zero-order valence-corrected chi connectivity index (χ0v) is 12.8. The number of rotatable bonds is 7. The molecule has 1 unspecified atom stereocenters. The van der Waals surface area contributed by atoms with Gasteiger partial charge < -0.3 is 5.73 Å². The molecule has 0 radical (unpaired) electrons. The molecule has 6 heteroatoms. The third-order valence-corrected chi connectivity index (χ3v) is 5.88. The van der Waals surface area contributed by atoms with E-state index >= 15 is 0 Å². The predicted molar refractivity (Wildman–Crippen MR) is 76.1 cm³/mol. The molecule has 3 N–H and O–H groups in total. The van der Waals surface area contributed by atoms with Crippen molar-refractivity contribution in [3.8, 4) is 0 Å². The van der Waals surface area contributed by atoms with Crippen LogP contribution in [0, 0.1) is 5.92 Å². The molecule has 1 rings (SSSR count). The first-order valence-electron chi connectivity index (χ1n) is 6.24. The van der Waals surface area contributed by atoms with E-state index in [1.807, 2.05) is 6.92 Å². The van der Waals surface area contributed by atoms with Crippen LogP contribution < -0.4 is 10.5 Å². The van der Waals surface area contributed by atoms with E-state index in [9.17, 15) is 8.42 Å². The Kier molecular flexibility index (Phi) is 5.78. The third-order valence-electron chi connectivity index (χ3n) is 3.24. The fraction of sp³-hybridized carbons (Fsp3) is 0.667. The molecule has 1 atom stereocenters. The summed E-state index contributed by atoms with van der Waals surface area (Å²) in [6.45, 7) is 6.46. The Morgan fingerprint density at radius 3 is 2.44 bits per heavy atom. The molecule has 0 saturated heterocycles. The second-order valence-corrected chi connectivity index (χ2v) is 7.15. The Labute approximate surface area is 114 Å². The molecule has 0 aromatic carbocycles. The average molecular weight is 290 g/mol. The largest absolute Gasteiger partial charge is 0.326 e. The molecule has 1 heterocycles. The van der Waals surface area contributed by atoms with Crippen molar-refractivity contribution in [3.05, 3.63) is 16.3 Å². The van der Waals surface area contributed by atoms with Crippen LogP contribution in [0.2, 0.25) is 0 Å². The molecule has 0 aliphatic heterocycles. The van der Waals surface area contributed by atoms with Gasteiger partial charge in [0.15, 0.2) is 0 Å². The maximum atomic E-state index is 12.2. The summed E-state index contributed by atoms with van der Waals surface area (Å²) in [7, 11) is -3.41. The summed E-state index contributed by atoms with van der Waals surface area (Å²) >= 11 is 1.38. The Bertz CT molecular complexity index is 464. The minimum Gasteiger partial charge on any atom is -0.326 e. The van der Waals surface area contributed by atoms with Gasteiger partial charge in [0.2, 0.25) is 10.0 Å². The molecular weight excluding hydrogens is 268 g/mol. The standard InChI is InChI=1S/C12H22N2O2S2/c1-4-10(5-2)9(3)14-18(15,16)12-6-11(7-13)17-8-12/h6,8-10,14H,4-5,7,13H2,1-3H3. The van der Waals surface area contributed by atoms with Crippen molar-refractivity contribution < 1.29 is 8.42 Å². The quantitative estimate of drug-likeness (QED) is 0.809. The lowest BCUT2D eigenvalue weighted by atomic mass is 9.96. The molecule has 0 bridgehead atoms. The van der Waals surface area contributed by atoms with Gasteiger partial charge in [-0.3, -0.25) is 0 Å². The van der Waals surface area contributed by atoms with Gasteiger partial charge in [0.05, 0.1) is 4.90 Å². The van der Waals surface area contributed by atoms with E-state index in [4.69, 9.17) is 5.73 Å². The topological polar surface area (TPSA) is 72.2 Å². The van der Waals surface area contributed by atoms with Crippen LogP contribution in [-0.4, -0.2) is 14.5 Å². The summed E-state index contributed by atoms with van der Waals surface area (Å²) in [5, 5.41) is 1.64. The van der Waals surface area contributed by atoms with Gasteiger partial charge in [0, 0.05) is 22.8 Å². The van der Waals surface area contributed by atoms with Crippen molar-refractivity contribution in [1.29, 1.82) is 0 Å². The smallest absolute Gasteiger partial charge is 0.241 e. The third kappa shape index (κ3) is 3.78. The van der Waals surface area contributed by atoms with Crippen LogP contribution >= 0.6 is 11.3 Å². The number of nitrogens with one attached hydrogen (secondary N) is 1. The maximum absolute atomic E-state index is 12.2. The van der Waals surface area contributed by atoms with E-state index < -0.39 is 10.0 Å². The monoisotopic (exact) mass is 290 g/mol. The molecule has 0 aliphatic carbocycles. The lowest BCUT2D eigenvalue weighted by Crippen LogP contribution is -2.37. The second kappa shape index (κ2) is 6.65. The molecule has 104 valence electrons. The fourth-order valence-corrected chi connectivity index (χ4v) is 4.48. The van der Waals surface area contributed by atoms with Crippen molar-refractivity contribution in [3.63, 3.8) is 0 Å². The van der Waals surface area contributed by atoms with Gasteiger partial charge >= 0.3 is 0 Å². The van der Waals surface area contributed by atoms with Crippen molar-refractivity contribution in [2.45, 2.75) is 51.1 Å². The van der Waals surface area contributed by atoms with Crippen LogP contribution in [0.5, 0.6) is 0 Å². The first kappa shape index (κ1) is 15.6. The summed E-state index contributed by atoms with van der Waals surface area (Å²) in [6.07, 6.45) is 1.94. The van der Waals surface area contributed by atoms with E-state index in [1.165, 1.54) is 11.3 Å². The second-order valence-electron chi connectivity index (χ2n) is 4.44. The van der Waals surface area contributed by atoms with Crippen LogP contribution in [0.3, 0.4) is 0 Å². The zero-order valence-electron chi connectivity index (χ0n) is 11.1. The Balaban J connectivity index is 2.81. The number of sulfonamides is 1. The first-order valence-corrected chi connectivity index (χ1v) is 8.60. The first-order chi connectivity index (χ1) is 8.44. The molecule has 0 spiro atoms. The summed E-state index contributed by atoms with van der Waals surface area (Å²) in [4.78, 5) is 1.20. The van der Waals surface area contributed by atoms with E-state index in [-0.39, 0.29) is 6.04 Å².